The molecule has 19 heavy (non-hydrogen) atoms. The summed E-state index contributed by atoms with van der Waals surface area (Å²) in [4.78, 5) is 11.7. The van der Waals surface area contributed by atoms with Gasteiger partial charge in [-0.1, -0.05) is 11.6 Å². The minimum absolute atomic E-state index is 0.0504. The third-order valence-corrected chi connectivity index (χ3v) is 2.64. The first-order valence-corrected chi connectivity index (χ1v) is 5.73. The largest absolute Gasteiger partial charge is 0.396 e. The van der Waals surface area contributed by atoms with Crippen LogP contribution in [0.5, 0.6) is 0 Å². The minimum Gasteiger partial charge on any atom is -0.396 e. The quantitative estimate of drug-likeness (QED) is 0.889. The van der Waals surface area contributed by atoms with Gasteiger partial charge in [0.05, 0.1) is 22.5 Å². The van der Waals surface area contributed by atoms with E-state index in [2.05, 4.69) is 10.4 Å². The first-order valence-electron chi connectivity index (χ1n) is 5.36. The molecule has 0 atom stereocenters. The number of halogens is 1. The number of nitrogens with two attached hydrogens (primary N) is 1. The Balaban J connectivity index is 2.03. The van der Waals surface area contributed by atoms with E-state index in [4.69, 9.17) is 22.6 Å². The van der Waals surface area contributed by atoms with Gasteiger partial charge in [-0.25, -0.2) is 0 Å². The highest BCUT2D eigenvalue weighted by Crippen LogP contribution is 2.20. The van der Waals surface area contributed by atoms with Crippen molar-refractivity contribution in [3.05, 3.63) is 41.2 Å². The second-order valence-electron chi connectivity index (χ2n) is 3.83. The van der Waals surface area contributed by atoms with Gasteiger partial charge in [-0.3, -0.25) is 9.48 Å². The SMILES string of the molecule is N#Cc1ccc(NC(=O)Cn2cc(N)cn2)cc1Cl. The number of nitriles is 1. The molecule has 0 aliphatic carbocycles. The van der Waals surface area contributed by atoms with Crippen molar-refractivity contribution in [3.63, 3.8) is 0 Å². The number of anilines is 2. The van der Waals surface area contributed by atoms with Gasteiger partial charge in [-0.15, -0.1) is 0 Å². The van der Waals surface area contributed by atoms with Crippen LogP contribution in [0.4, 0.5) is 11.4 Å². The highest BCUT2D eigenvalue weighted by molar-refractivity contribution is 6.32. The van der Waals surface area contributed by atoms with Crippen LogP contribution >= 0.6 is 11.6 Å². The Morgan fingerprint density at radius 2 is 2.37 bits per heavy atom. The maximum atomic E-state index is 11.7. The summed E-state index contributed by atoms with van der Waals surface area (Å²) in [6.45, 7) is 0.0504. The van der Waals surface area contributed by atoms with Crippen LogP contribution in [0.15, 0.2) is 30.6 Å². The van der Waals surface area contributed by atoms with E-state index < -0.39 is 0 Å². The number of amides is 1. The van der Waals surface area contributed by atoms with Crippen molar-refractivity contribution in [2.75, 3.05) is 11.1 Å². The molecule has 6 nitrogen and oxygen atoms in total. The van der Waals surface area contributed by atoms with Gasteiger partial charge in [0.1, 0.15) is 12.6 Å². The first-order chi connectivity index (χ1) is 9.08. The Morgan fingerprint density at radius 1 is 1.58 bits per heavy atom. The molecule has 0 saturated heterocycles. The molecular weight excluding hydrogens is 266 g/mol. The molecule has 2 rings (SSSR count). The minimum atomic E-state index is -0.260. The van der Waals surface area contributed by atoms with Crippen LogP contribution in [0.3, 0.4) is 0 Å². The zero-order valence-corrected chi connectivity index (χ0v) is 10.6. The molecule has 0 fully saturated rings. The van der Waals surface area contributed by atoms with Crippen molar-refractivity contribution >= 4 is 28.9 Å². The second-order valence-corrected chi connectivity index (χ2v) is 4.23. The van der Waals surface area contributed by atoms with Crippen molar-refractivity contribution in [3.8, 4) is 6.07 Å². The van der Waals surface area contributed by atoms with E-state index in [9.17, 15) is 4.79 Å². The molecule has 0 radical (unpaired) electrons. The lowest BCUT2D eigenvalue weighted by atomic mass is 10.2. The predicted octanol–water partition coefficient (Wildman–Crippen LogP) is 1.63. The van der Waals surface area contributed by atoms with Crippen molar-refractivity contribution in [2.45, 2.75) is 6.54 Å². The predicted molar refractivity (Wildman–Crippen MR) is 71.4 cm³/mol. The van der Waals surface area contributed by atoms with Gasteiger partial charge >= 0.3 is 0 Å². The molecular formula is C12H10ClN5O. The summed E-state index contributed by atoms with van der Waals surface area (Å²) < 4.78 is 1.43. The second kappa shape index (κ2) is 5.42. The normalized spacial score (nSPS) is 9.89. The molecule has 2 aromatic rings. The maximum absolute atomic E-state index is 11.7. The number of nitrogens with zero attached hydrogens (tertiary/aromatic N) is 3. The molecule has 7 heteroatoms. The van der Waals surface area contributed by atoms with Crippen LogP contribution in [-0.4, -0.2) is 15.7 Å². The third kappa shape index (κ3) is 3.24. The smallest absolute Gasteiger partial charge is 0.246 e. The zero-order valence-electron chi connectivity index (χ0n) is 9.80. The summed E-state index contributed by atoms with van der Waals surface area (Å²) in [5.41, 5.74) is 6.87. The lowest BCUT2D eigenvalue weighted by Gasteiger charge is -2.06. The van der Waals surface area contributed by atoms with Crippen molar-refractivity contribution in [2.24, 2.45) is 0 Å². The van der Waals surface area contributed by atoms with Gasteiger partial charge in [-0.2, -0.15) is 10.4 Å². The van der Waals surface area contributed by atoms with Gasteiger partial charge in [0.2, 0.25) is 5.91 Å². The molecule has 0 aliphatic rings. The number of carbonyl (C=O) groups excluding carboxylic acids is 1. The molecule has 1 amide bonds. The fourth-order valence-electron chi connectivity index (χ4n) is 1.50. The van der Waals surface area contributed by atoms with Crippen molar-refractivity contribution in [1.29, 1.82) is 5.26 Å². The maximum Gasteiger partial charge on any atom is 0.246 e. The summed E-state index contributed by atoms with van der Waals surface area (Å²) in [5.74, 6) is -0.260. The van der Waals surface area contributed by atoms with E-state index >= 15 is 0 Å². The van der Waals surface area contributed by atoms with Crippen LogP contribution in [0.2, 0.25) is 5.02 Å². The highest BCUT2D eigenvalue weighted by atomic mass is 35.5. The van der Waals surface area contributed by atoms with Gasteiger partial charge < -0.3 is 11.1 Å². The van der Waals surface area contributed by atoms with Crippen LogP contribution < -0.4 is 11.1 Å². The summed E-state index contributed by atoms with van der Waals surface area (Å²) >= 11 is 5.87. The zero-order chi connectivity index (χ0) is 13.8. The number of nitrogens with one attached hydrogen (secondary N) is 1. The topological polar surface area (TPSA) is 96.7 Å². The summed E-state index contributed by atoms with van der Waals surface area (Å²) in [5, 5.41) is 15.6. The molecule has 96 valence electrons. The average Bonchev–Trinajstić information content (AvgIpc) is 2.74. The monoisotopic (exact) mass is 275 g/mol. The Bertz CT molecular complexity index is 658. The average molecular weight is 276 g/mol. The number of carbonyl (C=O) groups is 1. The van der Waals surface area contributed by atoms with Crippen LogP contribution in [0.25, 0.3) is 0 Å². The fourth-order valence-corrected chi connectivity index (χ4v) is 1.72. The molecule has 0 saturated carbocycles. The number of hydrogen-bond donors (Lipinski definition) is 2. The Hall–Kier alpha value is -2.52. The fraction of sp³-hybridized carbons (Fsp3) is 0.0833. The standard InChI is InChI=1S/C12H10ClN5O/c13-11-3-10(2-1-8(11)4-14)17-12(19)7-18-6-9(15)5-16-18/h1-3,5-6H,7,15H2,(H,17,19). The highest BCUT2D eigenvalue weighted by Gasteiger charge is 2.06. The van der Waals surface area contributed by atoms with Gasteiger partial charge in [0, 0.05) is 11.9 Å². The Morgan fingerprint density at radius 3 is 2.95 bits per heavy atom. The molecule has 0 spiro atoms. The molecule has 1 aromatic carbocycles. The first kappa shape index (κ1) is 12.9. The summed E-state index contributed by atoms with van der Waals surface area (Å²) in [6, 6.07) is 6.63. The number of benzene rings is 1. The number of aromatic nitrogens is 2. The Labute approximate surface area is 114 Å². The van der Waals surface area contributed by atoms with Crippen LogP contribution in [0, 0.1) is 11.3 Å². The lowest BCUT2D eigenvalue weighted by Crippen LogP contribution is -2.19. The van der Waals surface area contributed by atoms with E-state index in [0.717, 1.165) is 0 Å². The van der Waals surface area contributed by atoms with Crippen LogP contribution in [0.1, 0.15) is 5.56 Å². The lowest BCUT2D eigenvalue weighted by molar-refractivity contribution is -0.116. The van der Waals surface area contributed by atoms with Gasteiger partial charge in [0.25, 0.3) is 0 Å². The molecule has 0 unspecified atom stereocenters. The van der Waals surface area contributed by atoms with Crippen LogP contribution in [-0.2, 0) is 11.3 Å². The summed E-state index contributed by atoms with van der Waals surface area (Å²) in [6.07, 6.45) is 3.02. The third-order valence-electron chi connectivity index (χ3n) is 2.33. The Kier molecular flexibility index (Phi) is 3.68. The van der Waals surface area contributed by atoms with Crippen molar-refractivity contribution < 1.29 is 4.79 Å². The number of nitrogen functional groups attached to an aromatic ring is 1. The van der Waals surface area contributed by atoms with E-state index in [1.54, 1.807) is 18.3 Å². The van der Waals surface area contributed by atoms with E-state index in [-0.39, 0.29) is 12.5 Å². The number of rotatable bonds is 3. The molecule has 3 N–H and O–H groups in total. The van der Waals surface area contributed by atoms with E-state index in [0.29, 0.717) is 22.0 Å². The molecule has 0 bridgehead atoms. The summed E-state index contributed by atoms with van der Waals surface area (Å²) in [7, 11) is 0. The van der Waals surface area contributed by atoms with Crippen molar-refractivity contribution in [1.82, 2.24) is 9.78 Å². The molecule has 1 heterocycles. The van der Waals surface area contributed by atoms with Gasteiger partial charge in [-0.05, 0) is 18.2 Å². The van der Waals surface area contributed by atoms with E-state index in [1.165, 1.54) is 16.9 Å². The molecule has 0 aliphatic heterocycles. The number of hydrogen-bond acceptors (Lipinski definition) is 4. The molecule has 1 aromatic heterocycles. The van der Waals surface area contributed by atoms with Gasteiger partial charge in [0.15, 0.2) is 0 Å². The van der Waals surface area contributed by atoms with E-state index in [1.807, 2.05) is 6.07 Å².